The van der Waals surface area contributed by atoms with Crippen LogP contribution in [0, 0.1) is 23.7 Å². The molecule has 0 spiro atoms. The first-order valence-electron chi connectivity index (χ1n) is 12.3. The summed E-state index contributed by atoms with van der Waals surface area (Å²) in [5.41, 5.74) is 1.23. The lowest BCUT2D eigenvalue weighted by Gasteiger charge is -2.31. The molecule has 0 radical (unpaired) electrons. The minimum absolute atomic E-state index is 0.782. The van der Waals surface area contributed by atoms with Crippen molar-refractivity contribution in [2.75, 3.05) is 6.61 Å². The summed E-state index contributed by atoms with van der Waals surface area (Å²) in [7, 11) is 0. The SMILES string of the molecule is CCCOc1ccc(CCC2CCC(CC[C@H]3CC[C@H](CC)CC3)CC2)nc1. The maximum atomic E-state index is 5.63. The van der Waals surface area contributed by atoms with Gasteiger partial charge in [0.15, 0.2) is 0 Å². The topological polar surface area (TPSA) is 22.1 Å². The maximum Gasteiger partial charge on any atom is 0.137 e. The van der Waals surface area contributed by atoms with Crippen LogP contribution < -0.4 is 4.74 Å². The molecule has 0 amide bonds. The van der Waals surface area contributed by atoms with E-state index in [1.54, 1.807) is 0 Å². The van der Waals surface area contributed by atoms with Crippen LogP contribution in [0.4, 0.5) is 0 Å². The average Bonchev–Trinajstić information content (AvgIpc) is 2.76. The lowest BCUT2D eigenvalue weighted by atomic mass is 9.74. The first kappa shape index (κ1) is 21.7. The Kier molecular flexibility index (Phi) is 9.15. The Balaban J connectivity index is 1.28. The van der Waals surface area contributed by atoms with Crippen molar-refractivity contribution in [2.45, 2.75) is 104 Å². The van der Waals surface area contributed by atoms with Gasteiger partial charge in [0.05, 0.1) is 12.8 Å². The van der Waals surface area contributed by atoms with Crippen molar-refractivity contribution in [2.24, 2.45) is 23.7 Å². The van der Waals surface area contributed by atoms with Crippen LogP contribution >= 0.6 is 0 Å². The first-order chi connectivity index (χ1) is 13.8. The third kappa shape index (κ3) is 7.08. The van der Waals surface area contributed by atoms with Gasteiger partial charge in [-0.15, -0.1) is 0 Å². The zero-order chi connectivity index (χ0) is 19.6. The van der Waals surface area contributed by atoms with E-state index < -0.39 is 0 Å². The number of pyridine rings is 1. The van der Waals surface area contributed by atoms with Gasteiger partial charge < -0.3 is 4.74 Å². The molecule has 1 aromatic heterocycles. The monoisotopic (exact) mass is 385 g/mol. The Bertz CT molecular complexity index is 524. The van der Waals surface area contributed by atoms with E-state index in [1.165, 1.54) is 82.7 Å². The molecule has 0 N–H and O–H groups in total. The van der Waals surface area contributed by atoms with Gasteiger partial charge in [0, 0.05) is 5.69 Å². The zero-order valence-electron chi connectivity index (χ0n) is 18.5. The standard InChI is InChI=1S/C26H43NO/c1-3-19-28-26-18-17-25(27-20-26)16-15-24-13-11-23(12-14-24)10-9-22-7-5-21(4-2)6-8-22/h17-18,20-24H,3-16,19H2,1-2H3/t21-,22-,23?,24?. The Hall–Kier alpha value is -1.05. The van der Waals surface area contributed by atoms with Gasteiger partial charge in [-0.25, -0.2) is 0 Å². The Morgan fingerprint density at radius 1 is 0.786 bits per heavy atom. The molecule has 0 bridgehead atoms. The minimum Gasteiger partial charge on any atom is -0.492 e. The molecule has 3 rings (SSSR count). The molecule has 158 valence electrons. The number of aromatic nitrogens is 1. The van der Waals surface area contributed by atoms with Crippen LogP contribution in [0.3, 0.4) is 0 Å². The second-order valence-electron chi connectivity index (χ2n) is 9.63. The minimum atomic E-state index is 0.782. The summed E-state index contributed by atoms with van der Waals surface area (Å²) in [6, 6.07) is 4.24. The summed E-state index contributed by atoms with van der Waals surface area (Å²) in [6.07, 6.45) is 21.7. The Morgan fingerprint density at radius 2 is 1.36 bits per heavy atom. The summed E-state index contributed by atoms with van der Waals surface area (Å²) in [6.45, 7) is 5.29. The number of aryl methyl sites for hydroxylation is 1. The highest BCUT2D eigenvalue weighted by atomic mass is 16.5. The van der Waals surface area contributed by atoms with Crippen molar-refractivity contribution >= 4 is 0 Å². The summed E-state index contributed by atoms with van der Waals surface area (Å²) >= 11 is 0. The molecule has 2 heteroatoms. The average molecular weight is 386 g/mol. The molecular formula is C26H43NO. The molecule has 2 aliphatic rings. The van der Waals surface area contributed by atoms with Crippen LogP contribution in [0.2, 0.25) is 0 Å². The fourth-order valence-electron chi connectivity index (χ4n) is 5.42. The molecule has 0 aliphatic heterocycles. The van der Waals surface area contributed by atoms with E-state index in [9.17, 15) is 0 Å². The highest BCUT2D eigenvalue weighted by molar-refractivity contribution is 5.19. The van der Waals surface area contributed by atoms with Crippen LogP contribution in [0.15, 0.2) is 18.3 Å². The van der Waals surface area contributed by atoms with E-state index in [1.807, 2.05) is 6.20 Å². The molecule has 0 aromatic carbocycles. The van der Waals surface area contributed by atoms with Crippen LogP contribution in [-0.4, -0.2) is 11.6 Å². The summed E-state index contributed by atoms with van der Waals surface area (Å²) in [4.78, 5) is 4.60. The molecule has 2 aliphatic carbocycles. The fraction of sp³-hybridized carbons (Fsp3) is 0.808. The highest BCUT2D eigenvalue weighted by Gasteiger charge is 2.24. The van der Waals surface area contributed by atoms with Crippen molar-refractivity contribution in [3.05, 3.63) is 24.0 Å². The van der Waals surface area contributed by atoms with Gasteiger partial charge in [-0.3, -0.25) is 4.98 Å². The predicted molar refractivity (Wildman–Crippen MR) is 119 cm³/mol. The van der Waals surface area contributed by atoms with E-state index in [4.69, 9.17) is 4.74 Å². The molecule has 2 fully saturated rings. The number of rotatable bonds is 10. The largest absolute Gasteiger partial charge is 0.492 e. The predicted octanol–water partition coefficient (Wildman–Crippen LogP) is 7.61. The van der Waals surface area contributed by atoms with Gasteiger partial charge in [-0.2, -0.15) is 0 Å². The third-order valence-corrected chi connectivity index (χ3v) is 7.57. The van der Waals surface area contributed by atoms with Crippen LogP contribution in [0.25, 0.3) is 0 Å². The van der Waals surface area contributed by atoms with Crippen LogP contribution in [0.5, 0.6) is 5.75 Å². The van der Waals surface area contributed by atoms with Crippen LogP contribution in [0.1, 0.15) is 103 Å². The van der Waals surface area contributed by atoms with Crippen molar-refractivity contribution in [3.8, 4) is 5.75 Å². The van der Waals surface area contributed by atoms with E-state index in [-0.39, 0.29) is 0 Å². The van der Waals surface area contributed by atoms with E-state index in [0.717, 1.165) is 48.9 Å². The van der Waals surface area contributed by atoms with Crippen molar-refractivity contribution in [1.29, 1.82) is 0 Å². The smallest absolute Gasteiger partial charge is 0.137 e. The molecule has 1 heterocycles. The molecule has 28 heavy (non-hydrogen) atoms. The van der Waals surface area contributed by atoms with Gasteiger partial charge in [-0.1, -0.05) is 84.5 Å². The van der Waals surface area contributed by atoms with Gasteiger partial charge in [0.2, 0.25) is 0 Å². The molecule has 0 saturated heterocycles. The Morgan fingerprint density at radius 3 is 1.86 bits per heavy atom. The molecule has 0 atom stereocenters. The first-order valence-corrected chi connectivity index (χ1v) is 12.3. The van der Waals surface area contributed by atoms with Gasteiger partial charge >= 0.3 is 0 Å². The summed E-state index contributed by atoms with van der Waals surface area (Å²) in [5.74, 6) is 4.95. The molecule has 1 aromatic rings. The molecule has 2 nitrogen and oxygen atoms in total. The number of hydrogen-bond acceptors (Lipinski definition) is 2. The maximum absolute atomic E-state index is 5.63. The second kappa shape index (κ2) is 11.8. The summed E-state index contributed by atoms with van der Waals surface area (Å²) < 4.78 is 5.63. The van der Waals surface area contributed by atoms with Crippen LogP contribution in [-0.2, 0) is 6.42 Å². The van der Waals surface area contributed by atoms with E-state index >= 15 is 0 Å². The third-order valence-electron chi connectivity index (χ3n) is 7.57. The lowest BCUT2D eigenvalue weighted by molar-refractivity contribution is 0.211. The van der Waals surface area contributed by atoms with Crippen molar-refractivity contribution in [3.63, 3.8) is 0 Å². The van der Waals surface area contributed by atoms with Gasteiger partial charge in [0.1, 0.15) is 5.75 Å². The summed E-state index contributed by atoms with van der Waals surface area (Å²) in [5, 5.41) is 0. The molecule has 2 saturated carbocycles. The van der Waals surface area contributed by atoms with E-state index in [0.29, 0.717) is 0 Å². The van der Waals surface area contributed by atoms with Gasteiger partial charge in [-0.05, 0) is 55.1 Å². The normalized spacial score (nSPS) is 28.2. The zero-order valence-corrected chi connectivity index (χ0v) is 18.5. The number of ether oxygens (including phenoxy) is 1. The van der Waals surface area contributed by atoms with Crippen molar-refractivity contribution in [1.82, 2.24) is 4.98 Å². The number of nitrogens with zero attached hydrogens (tertiary/aromatic N) is 1. The number of hydrogen-bond donors (Lipinski definition) is 0. The fourth-order valence-corrected chi connectivity index (χ4v) is 5.42. The van der Waals surface area contributed by atoms with E-state index in [2.05, 4.69) is 31.0 Å². The quantitative estimate of drug-likeness (QED) is 0.413. The Labute approximate surface area is 173 Å². The molecule has 0 unspecified atom stereocenters. The van der Waals surface area contributed by atoms with Crippen molar-refractivity contribution < 1.29 is 4.74 Å². The second-order valence-corrected chi connectivity index (χ2v) is 9.63. The van der Waals surface area contributed by atoms with Gasteiger partial charge in [0.25, 0.3) is 0 Å². The molecular weight excluding hydrogens is 342 g/mol. The lowest BCUT2D eigenvalue weighted by Crippen LogP contribution is -2.18. The highest BCUT2D eigenvalue weighted by Crippen LogP contribution is 2.38.